The van der Waals surface area contributed by atoms with Gasteiger partial charge in [-0.1, -0.05) is 36.4 Å². The van der Waals surface area contributed by atoms with Crippen molar-refractivity contribution >= 4 is 28.9 Å². The van der Waals surface area contributed by atoms with Crippen LogP contribution >= 0.6 is 11.3 Å². The molecule has 0 bridgehead atoms. The average Bonchev–Trinajstić information content (AvgIpc) is 3.14. The van der Waals surface area contributed by atoms with E-state index in [9.17, 15) is 9.59 Å². The third-order valence-electron chi connectivity index (χ3n) is 3.86. The zero-order valence-electron chi connectivity index (χ0n) is 14.5. The molecule has 3 aromatic rings. The molecule has 0 aliphatic rings. The number of aryl methyl sites for hydroxylation is 2. The molecule has 1 amide bonds. The number of rotatable bonds is 5. The first kappa shape index (κ1) is 17.8. The lowest BCUT2D eigenvalue weighted by atomic mass is 10.1. The van der Waals surface area contributed by atoms with Gasteiger partial charge in [-0.25, -0.2) is 9.78 Å². The predicted octanol–water partition coefficient (Wildman–Crippen LogP) is 4.22. The Hall–Kier alpha value is -2.99. The third-order valence-corrected chi connectivity index (χ3v) is 4.75. The number of benzene rings is 2. The van der Waals surface area contributed by atoms with Crippen LogP contribution in [0.2, 0.25) is 0 Å². The van der Waals surface area contributed by atoms with Crippen LogP contribution in [0.15, 0.2) is 53.9 Å². The molecule has 26 heavy (non-hydrogen) atoms. The van der Waals surface area contributed by atoms with Crippen molar-refractivity contribution in [3.05, 3.63) is 70.7 Å². The second-order valence-electron chi connectivity index (χ2n) is 5.83. The Morgan fingerprint density at radius 2 is 1.85 bits per heavy atom. The molecule has 5 nitrogen and oxygen atoms in total. The van der Waals surface area contributed by atoms with Gasteiger partial charge in [-0.15, -0.1) is 11.3 Å². The zero-order valence-corrected chi connectivity index (χ0v) is 15.3. The molecule has 1 aromatic heterocycles. The number of nitrogens with zero attached hydrogens (tertiary/aromatic N) is 1. The molecule has 0 aliphatic carbocycles. The van der Waals surface area contributed by atoms with Gasteiger partial charge in [0, 0.05) is 16.6 Å². The van der Waals surface area contributed by atoms with E-state index in [4.69, 9.17) is 4.74 Å². The number of esters is 1. The SMILES string of the molecule is Cc1ccc(NC(=O)COC(=O)c2csc(-c3ccccc3)n2)cc1C. The van der Waals surface area contributed by atoms with Crippen LogP contribution in [0.4, 0.5) is 5.69 Å². The van der Waals surface area contributed by atoms with Gasteiger partial charge in [-0.05, 0) is 37.1 Å². The van der Waals surface area contributed by atoms with Gasteiger partial charge in [-0.3, -0.25) is 4.79 Å². The van der Waals surface area contributed by atoms with E-state index in [0.29, 0.717) is 5.69 Å². The van der Waals surface area contributed by atoms with Crippen LogP contribution in [0.1, 0.15) is 21.6 Å². The molecule has 0 saturated carbocycles. The van der Waals surface area contributed by atoms with Gasteiger partial charge < -0.3 is 10.1 Å². The summed E-state index contributed by atoms with van der Waals surface area (Å²) in [7, 11) is 0. The fourth-order valence-electron chi connectivity index (χ4n) is 2.30. The van der Waals surface area contributed by atoms with Gasteiger partial charge >= 0.3 is 5.97 Å². The molecular weight excluding hydrogens is 348 g/mol. The van der Waals surface area contributed by atoms with Crippen LogP contribution in [0.25, 0.3) is 10.6 Å². The summed E-state index contributed by atoms with van der Waals surface area (Å²) < 4.78 is 5.06. The first-order valence-electron chi connectivity index (χ1n) is 8.08. The van der Waals surface area contributed by atoms with Crippen molar-refractivity contribution in [1.29, 1.82) is 0 Å². The van der Waals surface area contributed by atoms with Crippen LogP contribution in [0, 0.1) is 13.8 Å². The molecule has 132 valence electrons. The van der Waals surface area contributed by atoms with Crippen LogP contribution in [-0.2, 0) is 9.53 Å². The fourth-order valence-corrected chi connectivity index (χ4v) is 3.10. The minimum Gasteiger partial charge on any atom is -0.451 e. The Labute approximate surface area is 155 Å². The Morgan fingerprint density at radius 3 is 2.58 bits per heavy atom. The molecule has 0 aliphatic heterocycles. The van der Waals surface area contributed by atoms with Gasteiger partial charge in [0.15, 0.2) is 12.3 Å². The van der Waals surface area contributed by atoms with Gasteiger partial charge in [0.05, 0.1) is 0 Å². The molecule has 0 radical (unpaired) electrons. The highest BCUT2D eigenvalue weighted by atomic mass is 32.1. The quantitative estimate of drug-likeness (QED) is 0.687. The number of ether oxygens (including phenoxy) is 1. The van der Waals surface area contributed by atoms with Gasteiger partial charge in [0.2, 0.25) is 0 Å². The minimum atomic E-state index is -0.612. The normalized spacial score (nSPS) is 10.4. The summed E-state index contributed by atoms with van der Waals surface area (Å²) in [5.41, 5.74) is 4.04. The van der Waals surface area contributed by atoms with E-state index in [1.165, 1.54) is 11.3 Å². The lowest BCUT2D eigenvalue weighted by Crippen LogP contribution is -2.21. The van der Waals surface area contributed by atoms with E-state index in [1.807, 2.05) is 62.4 Å². The van der Waals surface area contributed by atoms with Gasteiger partial charge in [0.1, 0.15) is 5.01 Å². The number of nitrogens with one attached hydrogen (secondary N) is 1. The van der Waals surface area contributed by atoms with Crippen LogP contribution in [0.5, 0.6) is 0 Å². The maximum atomic E-state index is 12.1. The van der Waals surface area contributed by atoms with Crippen molar-refractivity contribution < 1.29 is 14.3 Å². The van der Waals surface area contributed by atoms with Crippen molar-refractivity contribution in [1.82, 2.24) is 4.98 Å². The second-order valence-corrected chi connectivity index (χ2v) is 6.69. The van der Waals surface area contributed by atoms with Crippen molar-refractivity contribution in [3.8, 4) is 10.6 Å². The summed E-state index contributed by atoms with van der Waals surface area (Å²) in [4.78, 5) is 28.3. The van der Waals surface area contributed by atoms with E-state index < -0.39 is 5.97 Å². The van der Waals surface area contributed by atoms with E-state index in [2.05, 4.69) is 10.3 Å². The molecule has 6 heteroatoms. The standard InChI is InChI=1S/C20H18N2O3S/c1-13-8-9-16(10-14(13)2)21-18(23)11-25-20(24)17-12-26-19(22-17)15-6-4-3-5-7-15/h3-10,12H,11H2,1-2H3,(H,21,23). The Bertz CT molecular complexity index is 935. The highest BCUT2D eigenvalue weighted by molar-refractivity contribution is 7.13. The number of hydrogen-bond donors (Lipinski definition) is 1. The maximum Gasteiger partial charge on any atom is 0.358 e. The van der Waals surface area contributed by atoms with E-state index >= 15 is 0 Å². The fraction of sp³-hybridized carbons (Fsp3) is 0.150. The third kappa shape index (κ3) is 4.34. The number of carbonyl (C=O) groups is 2. The van der Waals surface area contributed by atoms with Crippen molar-refractivity contribution in [3.63, 3.8) is 0 Å². The molecule has 0 fully saturated rings. The molecule has 3 rings (SSSR count). The number of carbonyl (C=O) groups excluding carboxylic acids is 2. The monoisotopic (exact) mass is 366 g/mol. The molecule has 0 spiro atoms. The van der Waals surface area contributed by atoms with E-state index in [1.54, 1.807) is 5.38 Å². The first-order valence-corrected chi connectivity index (χ1v) is 8.96. The van der Waals surface area contributed by atoms with E-state index in [0.717, 1.165) is 21.7 Å². The topological polar surface area (TPSA) is 68.3 Å². The average molecular weight is 366 g/mol. The number of hydrogen-bond acceptors (Lipinski definition) is 5. The Kier molecular flexibility index (Phi) is 5.43. The molecule has 0 atom stereocenters. The number of anilines is 1. The summed E-state index contributed by atoms with van der Waals surface area (Å²) in [5, 5.41) is 5.08. The first-order chi connectivity index (χ1) is 12.5. The van der Waals surface area contributed by atoms with Crippen LogP contribution < -0.4 is 5.32 Å². The Balaban J connectivity index is 1.56. The highest BCUT2D eigenvalue weighted by Gasteiger charge is 2.15. The van der Waals surface area contributed by atoms with Gasteiger partial charge in [0.25, 0.3) is 5.91 Å². The molecule has 2 aromatic carbocycles. The van der Waals surface area contributed by atoms with E-state index in [-0.39, 0.29) is 18.2 Å². The van der Waals surface area contributed by atoms with Crippen LogP contribution in [0.3, 0.4) is 0 Å². The summed E-state index contributed by atoms with van der Waals surface area (Å²) in [6, 6.07) is 15.2. The van der Waals surface area contributed by atoms with Gasteiger partial charge in [-0.2, -0.15) is 0 Å². The summed E-state index contributed by atoms with van der Waals surface area (Å²) >= 11 is 1.36. The van der Waals surface area contributed by atoms with Crippen LogP contribution in [-0.4, -0.2) is 23.5 Å². The maximum absolute atomic E-state index is 12.1. The molecule has 1 N–H and O–H groups in total. The molecular formula is C20H18N2O3S. The number of aromatic nitrogens is 1. The zero-order chi connectivity index (χ0) is 18.5. The smallest absolute Gasteiger partial charge is 0.358 e. The molecule has 0 unspecified atom stereocenters. The van der Waals surface area contributed by atoms with Crippen molar-refractivity contribution in [2.24, 2.45) is 0 Å². The summed E-state index contributed by atoms with van der Waals surface area (Å²) in [6.07, 6.45) is 0. The molecule has 0 saturated heterocycles. The molecule has 1 heterocycles. The highest BCUT2D eigenvalue weighted by Crippen LogP contribution is 2.23. The number of amides is 1. The largest absolute Gasteiger partial charge is 0.451 e. The lowest BCUT2D eigenvalue weighted by molar-refractivity contribution is -0.119. The number of thiazole rings is 1. The van der Waals surface area contributed by atoms with Crippen molar-refractivity contribution in [2.75, 3.05) is 11.9 Å². The lowest BCUT2D eigenvalue weighted by Gasteiger charge is -2.08. The minimum absolute atomic E-state index is 0.202. The van der Waals surface area contributed by atoms with Crippen molar-refractivity contribution in [2.45, 2.75) is 13.8 Å². The second kappa shape index (κ2) is 7.93. The Morgan fingerprint density at radius 1 is 1.08 bits per heavy atom. The summed E-state index contributed by atoms with van der Waals surface area (Å²) in [6.45, 7) is 3.61. The predicted molar refractivity (Wildman–Crippen MR) is 102 cm³/mol. The summed E-state index contributed by atoms with van der Waals surface area (Å²) in [5.74, 6) is -1.00.